The van der Waals surface area contributed by atoms with E-state index in [0.29, 0.717) is 5.02 Å². The second kappa shape index (κ2) is 5.76. The Morgan fingerprint density at radius 1 is 0.941 bits per heavy atom. The number of hydrogen-bond donors (Lipinski definition) is 1. The first-order chi connectivity index (χ1) is 8.15. The Labute approximate surface area is 119 Å². The van der Waals surface area contributed by atoms with Gasteiger partial charge in [-0.15, -0.1) is 0 Å². The van der Waals surface area contributed by atoms with Gasteiger partial charge >= 0.3 is 0 Å². The predicted molar refractivity (Wildman–Crippen MR) is 77.9 cm³/mol. The van der Waals surface area contributed by atoms with E-state index in [-0.39, 0.29) is 0 Å². The molecule has 2 rings (SSSR count). The first-order valence-corrected chi connectivity index (χ1v) is 6.63. The summed E-state index contributed by atoms with van der Waals surface area (Å²) in [6, 6.07) is 13.4. The van der Waals surface area contributed by atoms with Crippen molar-refractivity contribution < 1.29 is 0 Å². The van der Waals surface area contributed by atoms with Crippen molar-refractivity contribution in [3.05, 3.63) is 62.5 Å². The zero-order valence-corrected chi connectivity index (χ0v) is 12.0. The Bertz CT molecular complexity index is 511. The van der Waals surface area contributed by atoms with Crippen molar-refractivity contribution in [2.75, 3.05) is 5.32 Å². The Balaban J connectivity index is 2.04. The summed E-state index contributed by atoms with van der Waals surface area (Å²) in [7, 11) is 0. The molecule has 0 bridgehead atoms. The van der Waals surface area contributed by atoms with E-state index < -0.39 is 0 Å². The van der Waals surface area contributed by atoms with Crippen molar-refractivity contribution in [1.82, 2.24) is 0 Å². The van der Waals surface area contributed by atoms with Gasteiger partial charge in [-0.3, -0.25) is 0 Å². The number of anilines is 1. The molecule has 0 heterocycles. The summed E-state index contributed by atoms with van der Waals surface area (Å²) in [5.74, 6) is 0. The Kier molecular flexibility index (Phi) is 4.32. The smallest absolute Gasteiger partial charge is 0.0488 e. The van der Waals surface area contributed by atoms with E-state index in [1.807, 2.05) is 42.5 Å². The Morgan fingerprint density at radius 2 is 1.59 bits per heavy atom. The highest BCUT2D eigenvalue weighted by Gasteiger charge is 2.00. The average Bonchev–Trinajstić information content (AvgIpc) is 2.30. The molecule has 0 aliphatic rings. The minimum atomic E-state index is 0.717. The Morgan fingerprint density at radius 3 is 2.24 bits per heavy atom. The van der Waals surface area contributed by atoms with Crippen molar-refractivity contribution in [1.29, 1.82) is 0 Å². The molecule has 0 radical (unpaired) electrons. The van der Waals surface area contributed by atoms with E-state index in [1.165, 1.54) is 5.56 Å². The van der Waals surface area contributed by atoms with Gasteiger partial charge in [0.2, 0.25) is 0 Å². The molecule has 0 unspecified atom stereocenters. The van der Waals surface area contributed by atoms with E-state index in [9.17, 15) is 0 Å². The summed E-state index contributed by atoms with van der Waals surface area (Å²) < 4.78 is 0.957. The highest BCUT2D eigenvalue weighted by atomic mass is 79.9. The van der Waals surface area contributed by atoms with E-state index in [0.717, 1.165) is 21.7 Å². The van der Waals surface area contributed by atoms with E-state index >= 15 is 0 Å². The molecule has 1 N–H and O–H groups in total. The molecule has 0 amide bonds. The van der Waals surface area contributed by atoms with Gasteiger partial charge in [-0.2, -0.15) is 0 Å². The number of hydrogen-bond acceptors (Lipinski definition) is 1. The van der Waals surface area contributed by atoms with Crippen LogP contribution >= 0.6 is 39.1 Å². The molecule has 2 aromatic carbocycles. The van der Waals surface area contributed by atoms with E-state index in [1.54, 1.807) is 0 Å². The lowest BCUT2D eigenvalue weighted by Crippen LogP contribution is -1.99. The fourth-order valence-corrected chi connectivity index (χ4v) is 2.38. The highest BCUT2D eigenvalue weighted by Crippen LogP contribution is 2.26. The first-order valence-electron chi connectivity index (χ1n) is 5.08. The third-order valence-corrected chi connectivity index (χ3v) is 3.47. The minimum absolute atomic E-state index is 0.717. The van der Waals surface area contributed by atoms with Gasteiger partial charge in [0.25, 0.3) is 0 Å². The van der Waals surface area contributed by atoms with Crippen molar-refractivity contribution in [3.8, 4) is 0 Å². The van der Waals surface area contributed by atoms with Crippen molar-refractivity contribution in [3.63, 3.8) is 0 Å². The molecule has 4 heteroatoms. The van der Waals surface area contributed by atoms with Crippen LogP contribution in [-0.4, -0.2) is 0 Å². The van der Waals surface area contributed by atoms with Crippen LogP contribution in [0.5, 0.6) is 0 Å². The molecule has 0 aliphatic heterocycles. The standard InChI is InChI=1S/C13H10BrCl2N/c14-12-7-11(16)5-6-13(12)17-8-9-1-3-10(15)4-2-9/h1-7,17H,8H2. The van der Waals surface area contributed by atoms with Gasteiger partial charge in [0.05, 0.1) is 0 Å². The molecule has 0 fully saturated rings. The molecule has 88 valence electrons. The van der Waals surface area contributed by atoms with Crippen molar-refractivity contribution in [2.24, 2.45) is 0 Å². The number of nitrogens with one attached hydrogen (secondary N) is 1. The Hall–Kier alpha value is -0.700. The third-order valence-electron chi connectivity index (χ3n) is 2.33. The van der Waals surface area contributed by atoms with Crippen LogP contribution in [0.25, 0.3) is 0 Å². The maximum absolute atomic E-state index is 5.88. The number of benzene rings is 2. The van der Waals surface area contributed by atoms with Crippen LogP contribution in [0.2, 0.25) is 10.0 Å². The largest absolute Gasteiger partial charge is 0.380 e. The maximum Gasteiger partial charge on any atom is 0.0488 e. The van der Waals surface area contributed by atoms with Crippen LogP contribution in [0, 0.1) is 0 Å². The minimum Gasteiger partial charge on any atom is -0.380 e. The average molecular weight is 331 g/mol. The lowest BCUT2D eigenvalue weighted by Gasteiger charge is -2.09. The lowest BCUT2D eigenvalue weighted by molar-refractivity contribution is 1.15. The maximum atomic E-state index is 5.88. The van der Waals surface area contributed by atoms with Gasteiger partial charge in [-0.1, -0.05) is 35.3 Å². The second-order valence-electron chi connectivity index (χ2n) is 3.60. The number of halogens is 3. The normalized spacial score (nSPS) is 10.3. The van der Waals surface area contributed by atoms with Gasteiger partial charge in [0.15, 0.2) is 0 Å². The summed E-state index contributed by atoms with van der Waals surface area (Å²) in [4.78, 5) is 0. The summed E-state index contributed by atoms with van der Waals surface area (Å²) >= 11 is 15.2. The molecule has 0 saturated heterocycles. The monoisotopic (exact) mass is 329 g/mol. The highest BCUT2D eigenvalue weighted by molar-refractivity contribution is 9.10. The molecule has 1 nitrogen and oxygen atoms in total. The van der Waals surface area contributed by atoms with Crippen molar-refractivity contribution >= 4 is 44.8 Å². The molecule has 0 aliphatic carbocycles. The van der Waals surface area contributed by atoms with Gasteiger partial charge in [-0.25, -0.2) is 0 Å². The quantitative estimate of drug-likeness (QED) is 0.797. The van der Waals surface area contributed by atoms with Crippen LogP contribution in [-0.2, 0) is 6.54 Å². The molecule has 0 spiro atoms. The van der Waals surface area contributed by atoms with Crippen LogP contribution in [0.1, 0.15) is 5.56 Å². The van der Waals surface area contributed by atoms with Gasteiger partial charge in [0.1, 0.15) is 0 Å². The van der Waals surface area contributed by atoms with Gasteiger partial charge in [0, 0.05) is 26.8 Å². The summed E-state index contributed by atoms with van der Waals surface area (Å²) in [5, 5.41) is 4.80. The topological polar surface area (TPSA) is 12.0 Å². The summed E-state index contributed by atoms with van der Waals surface area (Å²) in [6.07, 6.45) is 0. The molecule has 2 aromatic rings. The molecular formula is C13H10BrCl2N. The second-order valence-corrected chi connectivity index (χ2v) is 5.33. The van der Waals surface area contributed by atoms with Crippen LogP contribution in [0.4, 0.5) is 5.69 Å². The third kappa shape index (κ3) is 3.63. The fourth-order valence-electron chi connectivity index (χ4n) is 1.43. The van der Waals surface area contributed by atoms with E-state index in [2.05, 4.69) is 21.2 Å². The zero-order chi connectivity index (χ0) is 12.3. The molecule has 17 heavy (non-hydrogen) atoms. The molecule has 0 aromatic heterocycles. The SMILES string of the molecule is Clc1ccc(CNc2ccc(Cl)cc2Br)cc1. The van der Waals surface area contributed by atoms with Crippen LogP contribution in [0.15, 0.2) is 46.9 Å². The van der Waals surface area contributed by atoms with Gasteiger partial charge in [-0.05, 0) is 51.8 Å². The van der Waals surface area contributed by atoms with Crippen molar-refractivity contribution in [2.45, 2.75) is 6.54 Å². The molecule has 0 atom stereocenters. The first kappa shape index (κ1) is 12.7. The molecular weight excluding hydrogens is 321 g/mol. The summed E-state index contributed by atoms with van der Waals surface area (Å²) in [5.41, 5.74) is 2.20. The van der Waals surface area contributed by atoms with Crippen LogP contribution < -0.4 is 5.32 Å². The van der Waals surface area contributed by atoms with Crippen LogP contribution in [0.3, 0.4) is 0 Å². The van der Waals surface area contributed by atoms with E-state index in [4.69, 9.17) is 23.2 Å². The lowest BCUT2D eigenvalue weighted by atomic mass is 10.2. The van der Waals surface area contributed by atoms with Gasteiger partial charge < -0.3 is 5.32 Å². The zero-order valence-electron chi connectivity index (χ0n) is 8.88. The fraction of sp³-hybridized carbons (Fsp3) is 0.0769. The summed E-state index contributed by atoms with van der Waals surface area (Å²) in [6.45, 7) is 0.747. The predicted octanol–water partition coefficient (Wildman–Crippen LogP) is 5.37. The molecule has 0 saturated carbocycles. The number of rotatable bonds is 3.